The topological polar surface area (TPSA) is 45.2 Å². The molecule has 1 rings (SSSR count). The molecule has 0 unspecified atom stereocenters. The van der Waals surface area contributed by atoms with Crippen molar-refractivity contribution < 1.29 is 4.79 Å². The highest BCUT2D eigenvalue weighted by Gasteiger charge is 2.08. The number of pyridine rings is 1. The van der Waals surface area contributed by atoms with Crippen LogP contribution in [0.15, 0.2) is 18.3 Å². The predicted molar refractivity (Wildman–Crippen MR) is 69.3 cm³/mol. The Hall–Kier alpha value is -1.13. The highest BCUT2D eigenvalue weighted by molar-refractivity contribution is 6.30. The SMILES string of the molecule is CC(C)N(C)CCNC(=O)c1cc(Cl)ccn1. The minimum Gasteiger partial charge on any atom is -0.349 e. The number of hydrogen-bond donors (Lipinski definition) is 1. The lowest BCUT2D eigenvalue weighted by Crippen LogP contribution is -2.36. The third-order valence-electron chi connectivity index (χ3n) is 2.59. The number of hydrogen-bond acceptors (Lipinski definition) is 3. The average molecular weight is 256 g/mol. The minimum absolute atomic E-state index is 0.190. The van der Waals surface area contributed by atoms with Crippen molar-refractivity contribution in [2.45, 2.75) is 19.9 Å². The number of aromatic nitrogens is 1. The zero-order valence-corrected chi connectivity index (χ0v) is 11.2. The zero-order valence-electron chi connectivity index (χ0n) is 10.4. The van der Waals surface area contributed by atoms with Gasteiger partial charge in [-0.1, -0.05) is 11.6 Å². The summed E-state index contributed by atoms with van der Waals surface area (Å²) in [6.45, 7) is 5.63. The third-order valence-corrected chi connectivity index (χ3v) is 2.82. The average Bonchev–Trinajstić information content (AvgIpc) is 2.28. The second-order valence-corrected chi connectivity index (χ2v) is 4.63. The van der Waals surface area contributed by atoms with E-state index in [1.54, 1.807) is 12.1 Å². The monoisotopic (exact) mass is 255 g/mol. The number of carbonyl (C=O) groups is 1. The number of amides is 1. The summed E-state index contributed by atoms with van der Waals surface area (Å²) >= 11 is 5.79. The first-order valence-corrected chi connectivity index (χ1v) is 5.98. The van der Waals surface area contributed by atoms with E-state index in [1.165, 1.54) is 6.20 Å². The largest absolute Gasteiger partial charge is 0.349 e. The lowest BCUT2D eigenvalue weighted by Gasteiger charge is -2.20. The standard InChI is InChI=1S/C12H18ClN3O/c1-9(2)16(3)7-6-15-12(17)11-8-10(13)4-5-14-11/h4-5,8-9H,6-7H2,1-3H3,(H,15,17). The van der Waals surface area contributed by atoms with Gasteiger partial charge in [0.25, 0.3) is 5.91 Å². The molecule has 0 aliphatic carbocycles. The molecule has 0 aliphatic heterocycles. The normalized spacial score (nSPS) is 10.9. The van der Waals surface area contributed by atoms with Gasteiger partial charge in [0.2, 0.25) is 0 Å². The van der Waals surface area contributed by atoms with Gasteiger partial charge in [-0.3, -0.25) is 9.78 Å². The van der Waals surface area contributed by atoms with Crippen LogP contribution >= 0.6 is 11.6 Å². The first-order chi connectivity index (χ1) is 8.00. The van der Waals surface area contributed by atoms with Gasteiger partial charge in [-0.05, 0) is 33.0 Å². The van der Waals surface area contributed by atoms with Gasteiger partial charge in [-0.25, -0.2) is 0 Å². The lowest BCUT2D eigenvalue weighted by molar-refractivity contribution is 0.0943. The lowest BCUT2D eigenvalue weighted by atomic mass is 10.3. The van der Waals surface area contributed by atoms with E-state index in [-0.39, 0.29) is 5.91 Å². The van der Waals surface area contributed by atoms with Gasteiger partial charge >= 0.3 is 0 Å². The Morgan fingerprint density at radius 3 is 2.88 bits per heavy atom. The second kappa shape index (κ2) is 6.57. The molecule has 0 atom stereocenters. The first kappa shape index (κ1) is 13.9. The van der Waals surface area contributed by atoms with Gasteiger partial charge in [0.05, 0.1) is 0 Å². The smallest absolute Gasteiger partial charge is 0.269 e. The van der Waals surface area contributed by atoms with Crippen molar-refractivity contribution in [3.05, 3.63) is 29.0 Å². The Bertz CT molecular complexity index is 382. The van der Waals surface area contributed by atoms with E-state index in [4.69, 9.17) is 11.6 Å². The molecule has 0 bridgehead atoms. The minimum atomic E-state index is -0.190. The molecule has 94 valence electrons. The van der Waals surface area contributed by atoms with Gasteiger partial charge in [0, 0.05) is 30.4 Å². The molecule has 0 spiro atoms. The fourth-order valence-electron chi connectivity index (χ4n) is 1.22. The fourth-order valence-corrected chi connectivity index (χ4v) is 1.38. The summed E-state index contributed by atoms with van der Waals surface area (Å²) < 4.78 is 0. The summed E-state index contributed by atoms with van der Waals surface area (Å²) in [6, 6.07) is 3.67. The van der Waals surface area contributed by atoms with E-state index in [2.05, 4.69) is 29.0 Å². The zero-order chi connectivity index (χ0) is 12.8. The van der Waals surface area contributed by atoms with Crippen LogP contribution < -0.4 is 5.32 Å². The van der Waals surface area contributed by atoms with Gasteiger partial charge in [-0.2, -0.15) is 0 Å². The van der Waals surface area contributed by atoms with E-state index < -0.39 is 0 Å². The van der Waals surface area contributed by atoms with Crippen LogP contribution in [0.1, 0.15) is 24.3 Å². The summed E-state index contributed by atoms with van der Waals surface area (Å²) in [7, 11) is 2.02. The molecule has 4 nitrogen and oxygen atoms in total. The maximum absolute atomic E-state index is 11.7. The van der Waals surface area contributed by atoms with E-state index in [0.717, 1.165) is 6.54 Å². The number of nitrogens with zero attached hydrogens (tertiary/aromatic N) is 2. The number of carbonyl (C=O) groups excluding carboxylic acids is 1. The summed E-state index contributed by atoms with van der Waals surface area (Å²) in [6.07, 6.45) is 1.53. The summed E-state index contributed by atoms with van der Waals surface area (Å²) in [5.74, 6) is -0.190. The maximum atomic E-state index is 11.7. The van der Waals surface area contributed by atoms with Crippen molar-refractivity contribution >= 4 is 17.5 Å². The van der Waals surface area contributed by atoms with E-state index in [0.29, 0.717) is 23.3 Å². The van der Waals surface area contributed by atoms with Gasteiger partial charge in [-0.15, -0.1) is 0 Å². The highest BCUT2D eigenvalue weighted by atomic mass is 35.5. The molecule has 1 amide bonds. The number of halogens is 1. The molecule has 5 heteroatoms. The second-order valence-electron chi connectivity index (χ2n) is 4.19. The first-order valence-electron chi connectivity index (χ1n) is 5.60. The molecule has 1 aromatic heterocycles. The Morgan fingerprint density at radius 1 is 1.59 bits per heavy atom. The molecule has 0 radical (unpaired) electrons. The van der Waals surface area contributed by atoms with Crippen LogP contribution in [0.4, 0.5) is 0 Å². The van der Waals surface area contributed by atoms with Crippen LogP contribution in [0.5, 0.6) is 0 Å². The van der Waals surface area contributed by atoms with Crippen LogP contribution in [-0.4, -0.2) is 42.0 Å². The van der Waals surface area contributed by atoms with Crippen molar-refractivity contribution in [2.24, 2.45) is 0 Å². The molecule has 17 heavy (non-hydrogen) atoms. The molecular weight excluding hydrogens is 238 g/mol. The maximum Gasteiger partial charge on any atom is 0.269 e. The van der Waals surface area contributed by atoms with Gasteiger partial charge < -0.3 is 10.2 Å². The molecule has 0 saturated heterocycles. The molecule has 1 aromatic rings. The number of nitrogens with one attached hydrogen (secondary N) is 1. The van der Waals surface area contributed by atoms with Crippen LogP contribution in [-0.2, 0) is 0 Å². The van der Waals surface area contributed by atoms with Crippen molar-refractivity contribution in [3.8, 4) is 0 Å². The molecule has 0 saturated carbocycles. The summed E-state index contributed by atoms with van der Waals surface area (Å²) in [4.78, 5) is 17.8. The van der Waals surface area contributed by atoms with Gasteiger partial charge in [0.1, 0.15) is 5.69 Å². The van der Waals surface area contributed by atoms with Crippen LogP contribution in [0, 0.1) is 0 Å². The molecule has 0 aliphatic rings. The van der Waals surface area contributed by atoms with Crippen molar-refractivity contribution in [3.63, 3.8) is 0 Å². The predicted octanol–water partition coefficient (Wildman–Crippen LogP) is 1.80. The Morgan fingerprint density at radius 2 is 2.29 bits per heavy atom. The van der Waals surface area contributed by atoms with Crippen molar-refractivity contribution in [1.29, 1.82) is 0 Å². The molecule has 0 aromatic carbocycles. The van der Waals surface area contributed by atoms with E-state index in [1.807, 2.05) is 7.05 Å². The highest BCUT2D eigenvalue weighted by Crippen LogP contribution is 2.07. The Balaban J connectivity index is 2.40. The summed E-state index contributed by atoms with van der Waals surface area (Å²) in [5.41, 5.74) is 0.352. The van der Waals surface area contributed by atoms with Crippen molar-refractivity contribution in [2.75, 3.05) is 20.1 Å². The molecule has 1 heterocycles. The quantitative estimate of drug-likeness (QED) is 0.873. The van der Waals surface area contributed by atoms with Crippen molar-refractivity contribution in [1.82, 2.24) is 15.2 Å². The third kappa shape index (κ3) is 4.71. The van der Waals surface area contributed by atoms with Crippen LogP contribution in [0.3, 0.4) is 0 Å². The molecule has 1 N–H and O–H groups in total. The van der Waals surface area contributed by atoms with E-state index >= 15 is 0 Å². The number of rotatable bonds is 5. The van der Waals surface area contributed by atoms with E-state index in [9.17, 15) is 4.79 Å². The number of likely N-dealkylation sites (N-methyl/N-ethyl adjacent to an activating group) is 1. The fraction of sp³-hybridized carbons (Fsp3) is 0.500. The molecular formula is C12H18ClN3O. The van der Waals surface area contributed by atoms with Gasteiger partial charge in [0.15, 0.2) is 0 Å². The Labute approximate surface area is 107 Å². The summed E-state index contributed by atoms with van der Waals surface area (Å²) in [5, 5.41) is 3.33. The van der Waals surface area contributed by atoms with Crippen LogP contribution in [0.25, 0.3) is 0 Å². The Kier molecular flexibility index (Phi) is 5.38. The van der Waals surface area contributed by atoms with Crippen LogP contribution in [0.2, 0.25) is 5.02 Å². The molecule has 0 fully saturated rings.